The van der Waals surface area contributed by atoms with E-state index in [-0.39, 0.29) is 17.6 Å². The van der Waals surface area contributed by atoms with Crippen LogP contribution < -0.4 is 0 Å². The minimum Gasteiger partial charge on any atom is -0.377 e. The molecule has 0 radical (unpaired) electrons. The Hall–Kier alpha value is -0.720. The number of ketones is 1. The van der Waals surface area contributed by atoms with Crippen LogP contribution in [0.3, 0.4) is 0 Å². The smallest absolute Gasteiger partial charge is 0.177 e. The predicted molar refractivity (Wildman–Crippen MR) is 76.1 cm³/mol. The zero-order valence-corrected chi connectivity index (χ0v) is 12.7. The Bertz CT molecular complexity index is 562. The summed E-state index contributed by atoms with van der Waals surface area (Å²) in [5.74, 6) is -0.893. The highest BCUT2D eigenvalue weighted by Crippen LogP contribution is 2.16. The van der Waals surface area contributed by atoms with Crippen LogP contribution in [0.4, 0.5) is 0 Å². The van der Waals surface area contributed by atoms with Gasteiger partial charge in [-0.05, 0) is 25.0 Å². The molecule has 2 rings (SSSR count). The van der Waals surface area contributed by atoms with Gasteiger partial charge in [0.1, 0.15) is 5.75 Å². The van der Waals surface area contributed by atoms with E-state index in [1.54, 1.807) is 24.3 Å². The highest BCUT2D eigenvalue weighted by Gasteiger charge is 2.25. The molecule has 1 aliphatic rings. The normalized spacial score (nSPS) is 19.5. The molecule has 19 heavy (non-hydrogen) atoms. The summed E-state index contributed by atoms with van der Waals surface area (Å²) >= 11 is 3.26. The topological polar surface area (TPSA) is 60.4 Å². The SMILES string of the molecule is O=C(CS(=O)(=O)CC1CCCO1)c1cccc(Br)c1. The maximum atomic E-state index is 11.9. The van der Waals surface area contributed by atoms with Gasteiger partial charge in [0.05, 0.1) is 11.9 Å². The summed E-state index contributed by atoms with van der Waals surface area (Å²) in [6.07, 6.45) is 1.39. The van der Waals surface area contributed by atoms with Crippen LogP contribution in [-0.2, 0) is 14.6 Å². The fraction of sp³-hybridized carbons (Fsp3) is 0.462. The van der Waals surface area contributed by atoms with Gasteiger partial charge in [-0.15, -0.1) is 0 Å². The lowest BCUT2D eigenvalue weighted by Crippen LogP contribution is -2.26. The van der Waals surface area contributed by atoms with E-state index in [4.69, 9.17) is 4.74 Å². The van der Waals surface area contributed by atoms with E-state index in [2.05, 4.69) is 15.9 Å². The second-order valence-corrected chi connectivity index (χ2v) is 7.65. The van der Waals surface area contributed by atoms with Crippen molar-refractivity contribution in [2.24, 2.45) is 0 Å². The van der Waals surface area contributed by atoms with Crippen molar-refractivity contribution >= 4 is 31.6 Å². The van der Waals surface area contributed by atoms with Crippen molar-refractivity contribution < 1.29 is 17.9 Å². The molecule has 1 heterocycles. The molecule has 4 nitrogen and oxygen atoms in total. The van der Waals surface area contributed by atoms with E-state index in [1.165, 1.54) is 0 Å². The summed E-state index contributed by atoms with van der Waals surface area (Å²) in [5.41, 5.74) is 0.408. The maximum Gasteiger partial charge on any atom is 0.177 e. The van der Waals surface area contributed by atoms with Crippen LogP contribution >= 0.6 is 15.9 Å². The highest BCUT2D eigenvalue weighted by molar-refractivity contribution is 9.10. The molecule has 1 aromatic rings. The Balaban J connectivity index is 2.01. The van der Waals surface area contributed by atoms with Crippen molar-refractivity contribution in [3.05, 3.63) is 34.3 Å². The molecule has 6 heteroatoms. The Labute approximate surface area is 121 Å². The number of hydrogen-bond acceptors (Lipinski definition) is 4. The van der Waals surface area contributed by atoms with E-state index in [0.717, 1.165) is 17.3 Å². The molecule has 0 aliphatic carbocycles. The first-order valence-electron chi connectivity index (χ1n) is 6.07. The van der Waals surface area contributed by atoms with Crippen molar-refractivity contribution in [3.8, 4) is 0 Å². The largest absolute Gasteiger partial charge is 0.377 e. The lowest BCUT2D eigenvalue weighted by molar-refractivity contribution is 0.102. The van der Waals surface area contributed by atoms with Gasteiger partial charge in [-0.3, -0.25) is 4.79 Å². The summed E-state index contributed by atoms with van der Waals surface area (Å²) in [4.78, 5) is 11.9. The van der Waals surface area contributed by atoms with Crippen LogP contribution in [0.2, 0.25) is 0 Å². The highest BCUT2D eigenvalue weighted by atomic mass is 79.9. The number of halogens is 1. The maximum absolute atomic E-state index is 11.9. The Kier molecular flexibility index (Phi) is 4.76. The number of ether oxygens (including phenoxy) is 1. The summed E-state index contributed by atoms with van der Waals surface area (Å²) in [5, 5.41) is 0. The molecule has 1 unspecified atom stereocenters. The van der Waals surface area contributed by atoms with Crippen molar-refractivity contribution in [2.75, 3.05) is 18.1 Å². The molecule has 0 amide bonds. The van der Waals surface area contributed by atoms with Crippen LogP contribution in [0.25, 0.3) is 0 Å². The van der Waals surface area contributed by atoms with Gasteiger partial charge >= 0.3 is 0 Å². The third-order valence-corrected chi connectivity index (χ3v) is 5.04. The Morgan fingerprint density at radius 1 is 1.42 bits per heavy atom. The summed E-state index contributed by atoms with van der Waals surface area (Å²) in [6, 6.07) is 6.75. The van der Waals surface area contributed by atoms with Gasteiger partial charge in [0, 0.05) is 16.6 Å². The number of benzene rings is 1. The first-order valence-corrected chi connectivity index (χ1v) is 8.68. The monoisotopic (exact) mass is 346 g/mol. The number of carbonyl (C=O) groups is 1. The summed E-state index contributed by atoms with van der Waals surface area (Å²) < 4.78 is 29.9. The molecule has 1 fully saturated rings. The summed E-state index contributed by atoms with van der Waals surface area (Å²) in [6.45, 7) is 0.611. The molecular weight excluding hydrogens is 332 g/mol. The Morgan fingerprint density at radius 3 is 2.84 bits per heavy atom. The van der Waals surface area contributed by atoms with Crippen molar-refractivity contribution in [2.45, 2.75) is 18.9 Å². The van der Waals surface area contributed by atoms with Gasteiger partial charge in [-0.2, -0.15) is 0 Å². The summed E-state index contributed by atoms with van der Waals surface area (Å²) in [7, 11) is -3.42. The third-order valence-electron chi connectivity index (χ3n) is 2.96. The van der Waals surface area contributed by atoms with E-state index in [0.29, 0.717) is 12.2 Å². The van der Waals surface area contributed by atoms with Gasteiger partial charge in [0.15, 0.2) is 15.6 Å². The third kappa shape index (κ3) is 4.40. The lowest BCUT2D eigenvalue weighted by Gasteiger charge is -2.09. The zero-order chi connectivity index (χ0) is 13.9. The molecule has 0 N–H and O–H groups in total. The molecule has 1 aromatic carbocycles. The molecule has 1 atom stereocenters. The minimum atomic E-state index is -3.42. The zero-order valence-electron chi connectivity index (χ0n) is 10.3. The fourth-order valence-corrected chi connectivity index (χ4v) is 3.98. The van der Waals surface area contributed by atoms with Gasteiger partial charge in [0.2, 0.25) is 0 Å². The number of rotatable bonds is 5. The van der Waals surface area contributed by atoms with Crippen LogP contribution in [0.5, 0.6) is 0 Å². The van der Waals surface area contributed by atoms with E-state index < -0.39 is 15.6 Å². The molecule has 0 aromatic heterocycles. The second kappa shape index (κ2) is 6.15. The van der Waals surface area contributed by atoms with Crippen molar-refractivity contribution in [3.63, 3.8) is 0 Å². The average Bonchev–Trinajstić information content (AvgIpc) is 2.80. The first kappa shape index (κ1) is 14.7. The van der Waals surface area contributed by atoms with Crippen molar-refractivity contribution in [1.82, 2.24) is 0 Å². The quantitative estimate of drug-likeness (QED) is 0.767. The van der Waals surface area contributed by atoms with Crippen LogP contribution in [0, 0.1) is 0 Å². The predicted octanol–water partition coefficient (Wildman–Crippen LogP) is 2.23. The number of carbonyl (C=O) groups excluding carboxylic acids is 1. The Morgan fingerprint density at radius 2 is 2.21 bits per heavy atom. The average molecular weight is 347 g/mol. The van der Waals surface area contributed by atoms with Gasteiger partial charge in [0.25, 0.3) is 0 Å². The van der Waals surface area contributed by atoms with Crippen LogP contribution in [-0.4, -0.2) is 38.4 Å². The molecular formula is C13H15BrO4S. The molecule has 0 spiro atoms. The van der Waals surface area contributed by atoms with E-state index >= 15 is 0 Å². The lowest BCUT2D eigenvalue weighted by atomic mass is 10.2. The minimum absolute atomic E-state index is 0.0628. The molecule has 1 aliphatic heterocycles. The van der Waals surface area contributed by atoms with Gasteiger partial charge in [-0.25, -0.2) is 8.42 Å². The van der Waals surface area contributed by atoms with Gasteiger partial charge < -0.3 is 4.74 Å². The van der Waals surface area contributed by atoms with E-state index in [1.807, 2.05) is 0 Å². The van der Waals surface area contributed by atoms with E-state index in [9.17, 15) is 13.2 Å². The standard InChI is InChI=1S/C13H15BrO4S/c14-11-4-1-3-10(7-11)13(15)9-19(16,17)8-12-5-2-6-18-12/h1,3-4,7,12H,2,5-6,8-9H2. The van der Waals surface area contributed by atoms with Crippen molar-refractivity contribution in [1.29, 1.82) is 0 Å². The number of Topliss-reactive ketones (excluding diaryl/α,β-unsaturated/α-hetero) is 1. The van der Waals surface area contributed by atoms with Crippen LogP contribution in [0.15, 0.2) is 28.7 Å². The fourth-order valence-electron chi connectivity index (χ4n) is 2.06. The molecule has 0 saturated carbocycles. The first-order chi connectivity index (χ1) is 8.96. The van der Waals surface area contributed by atoms with Crippen LogP contribution in [0.1, 0.15) is 23.2 Å². The second-order valence-electron chi connectivity index (χ2n) is 4.62. The molecule has 1 saturated heterocycles. The van der Waals surface area contributed by atoms with Gasteiger partial charge in [-0.1, -0.05) is 28.1 Å². The molecule has 0 bridgehead atoms. The number of sulfone groups is 1. The number of hydrogen-bond donors (Lipinski definition) is 0. The molecule has 104 valence electrons.